The zero-order valence-corrected chi connectivity index (χ0v) is 12.0. The van der Waals surface area contributed by atoms with Gasteiger partial charge in [-0.25, -0.2) is 0 Å². The first-order chi connectivity index (χ1) is 10.6. The SMILES string of the molecule is NCCc1c(CO)cccc1Nc1c(N)cncc1C(N)=O. The third kappa shape index (κ3) is 3.16. The fraction of sp³-hybridized carbons (Fsp3) is 0.200. The number of hydrogen-bond donors (Lipinski definition) is 5. The van der Waals surface area contributed by atoms with Crippen LogP contribution in [0, 0.1) is 0 Å². The van der Waals surface area contributed by atoms with Gasteiger partial charge >= 0.3 is 0 Å². The molecule has 0 unspecified atom stereocenters. The molecule has 0 aliphatic carbocycles. The summed E-state index contributed by atoms with van der Waals surface area (Å²) in [5, 5.41) is 12.6. The first kappa shape index (κ1) is 15.7. The molecule has 2 rings (SSSR count). The summed E-state index contributed by atoms with van der Waals surface area (Å²) >= 11 is 0. The highest BCUT2D eigenvalue weighted by atomic mass is 16.3. The second-order valence-electron chi connectivity index (χ2n) is 4.78. The molecular formula is C15H19N5O2. The van der Waals surface area contributed by atoms with Crippen LogP contribution in [0.25, 0.3) is 0 Å². The molecule has 0 atom stereocenters. The van der Waals surface area contributed by atoms with Gasteiger partial charge in [0.05, 0.1) is 29.7 Å². The lowest BCUT2D eigenvalue weighted by Crippen LogP contribution is -2.16. The fourth-order valence-corrected chi connectivity index (χ4v) is 2.28. The van der Waals surface area contributed by atoms with Crippen LogP contribution in [-0.2, 0) is 13.0 Å². The minimum atomic E-state index is -0.624. The number of aromatic nitrogens is 1. The Balaban J connectivity index is 2.50. The van der Waals surface area contributed by atoms with Crippen LogP contribution >= 0.6 is 0 Å². The lowest BCUT2D eigenvalue weighted by molar-refractivity contribution is 0.100. The molecule has 7 heteroatoms. The number of anilines is 3. The van der Waals surface area contributed by atoms with Crippen molar-refractivity contribution in [3.63, 3.8) is 0 Å². The molecule has 1 aromatic heterocycles. The van der Waals surface area contributed by atoms with Crippen LogP contribution in [0.1, 0.15) is 21.5 Å². The number of amides is 1. The van der Waals surface area contributed by atoms with Crippen LogP contribution in [-0.4, -0.2) is 22.5 Å². The second-order valence-corrected chi connectivity index (χ2v) is 4.78. The van der Waals surface area contributed by atoms with Gasteiger partial charge in [-0.15, -0.1) is 0 Å². The third-order valence-electron chi connectivity index (χ3n) is 3.34. The van der Waals surface area contributed by atoms with Crippen molar-refractivity contribution in [2.45, 2.75) is 13.0 Å². The Morgan fingerprint density at radius 1 is 1.32 bits per heavy atom. The number of rotatable bonds is 6. The van der Waals surface area contributed by atoms with Crippen molar-refractivity contribution in [1.82, 2.24) is 4.98 Å². The van der Waals surface area contributed by atoms with Crippen LogP contribution in [0.4, 0.5) is 17.1 Å². The summed E-state index contributed by atoms with van der Waals surface area (Å²) in [6.45, 7) is 0.333. The summed E-state index contributed by atoms with van der Waals surface area (Å²) in [6, 6.07) is 5.45. The highest BCUT2D eigenvalue weighted by molar-refractivity contribution is 6.01. The number of benzene rings is 1. The molecule has 0 saturated carbocycles. The maximum atomic E-state index is 11.5. The van der Waals surface area contributed by atoms with E-state index in [1.54, 1.807) is 6.07 Å². The highest BCUT2D eigenvalue weighted by Crippen LogP contribution is 2.29. The van der Waals surface area contributed by atoms with Gasteiger partial charge in [0, 0.05) is 11.9 Å². The summed E-state index contributed by atoms with van der Waals surface area (Å²) in [6.07, 6.45) is 3.38. The van der Waals surface area contributed by atoms with Gasteiger partial charge in [0.25, 0.3) is 5.91 Å². The molecular weight excluding hydrogens is 282 g/mol. The Kier molecular flexibility index (Phi) is 4.92. The molecule has 1 aromatic carbocycles. The first-order valence-electron chi connectivity index (χ1n) is 6.80. The quantitative estimate of drug-likeness (QED) is 0.526. The van der Waals surface area contributed by atoms with Crippen molar-refractivity contribution in [2.75, 3.05) is 17.6 Å². The van der Waals surface area contributed by atoms with Crippen molar-refractivity contribution in [3.8, 4) is 0 Å². The number of pyridine rings is 1. The molecule has 0 saturated heterocycles. The molecule has 116 valence electrons. The second kappa shape index (κ2) is 6.88. The average Bonchev–Trinajstić information content (AvgIpc) is 2.50. The van der Waals surface area contributed by atoms with E-state index in [1.165, 1.54) is 12.4 Å². The van der Waals surface area contributed by atoms with Gasteiger partial charge in [0.2, 0.25) is 0 Å². The molecule has 7 nitrogen and oxygen atoms in total. The summed E-state index contributed by atoms with van der Waals surface area (Å²) in [4.78, 5) is 15.4. The number of hydrogen-bond acceptors (Lipinski definition) is 6. The molecule has 0 aliphatic heterocycles. The molecule has 0 radical (unpaired) electrons. The van der Waals surface area contributed by atoms with Crippen LogP contribution in [0.3, 0.4) is 0 Å². The van der Waals surface area contributed by atoms with E-state index in [-0.39, 0.29) is 12.2 Å². The number of nitrogen functional groups attached to an aromatic ring is 1. The number of nitrogens with one attached hydrogen (secondary N) is 1. The van der Waals surface area contributed by atoms with Crippen molar-refractivity contribution >= 4 is 23.0 Å². The number of aliphatic hydroxyl groups excluding tert-OH is 1. The summed E-state index contributed by atoms with van der Waals surface area (Å²) in [5.41, 5.74) is 20.2. The van der Waals surface area contributed by atoms with E-state index in [4.69, 9.17) is 17.2 Å². The minimum Gasteiger partial charge on any atom is -0.396 e. The van der Waals surface area contributed by atoms with Crippen molar-refractivity contribution in [3.05, 3.63) is 47.3 Å². The van der Waals surface area contributed by atoms with Crippen LogP contribution in [0.5, 0.6) is 0 Å². The number of carbonyl (C=O) groups excluding carboxylic acids is 1. The normalized spacial score (nSPS) is 10.5. The Hall–Kier alpha value is -2.64. The highest BCUT2D eigenvalue weighted by Gasteiger charge is 2.14. The number of nitrogens with two attached hydrogens (primary N) is 3. The number of primary amides is 1. The smallest absolute Gasteiger partial charge is 0.252 e. The van der Waals surface area contributed by atoms with E-state index in [0.29, 0.717) is 24.3 Å². The number of nitrogens with zero attached hydrogens (tertiary/aromatic N) is 1. The maximum Gasteiger partial charge on any atom is 0.252 e. The summed E-state index contributed by atoms with van der Waals surface area (Å²) in [7, 11) is 0. The van der Waals surface area contributed by atoms with Crippen LogP contribution < -0.4 is 22.5 Å². The predicted molar refractivity (Wildman–Crippen MR) is 85.6 cm³/mol. The average molecular weight is 301 g/mol. The molecule has 0 spiro atoms. The van der Waals surface area contributed by atoms with Crippen molar-refractivity contribution in [1.29, 1.82) is 0 Å². The van der Waals surface area contributed by atoms with Gasteiger partial charge in [-0.1, -0.05) is 12.1 Å². The zero-order valence-electron chi connectivity index (χ0n) is 12.0. The van der Waals surface area contributed by atoms with Gasteiger partial charge in [-0.3, -0.25) is 9.78 Å². The van der Waals surface area contributed by atoms with E-state index in [1.807, 2.05) is 12.1 Å². The molecule has 2 aromatic rings. The van der Waals surface area contributed by atoms with E-state index < -0.39 is 5.91 Å². The lowest BCUT2D eigenvalue weighted by Gasteiger charge is -2.17. The zero-order chi connectivity index (χ0) is 16.1. The van der Waals surface area contributed by atoms with E-state index in [2.05, 4.69) is 10.3 Å². The lowest BCUT2D eigenvalue weighted by atomic mass is 10.0. The van der Waals surface area contributed by atoms with Crippen LogP contribution in [0.2, 0.25) is 0 Å². The molecule has 0 fully saturated rings. The molecule has 22 heavy (non-hydrogen) atoms. The molecule has 0 aliphatic rings. The van der Waals surface area contributed by atoms with E-state index >= 15 is 0 Å². The first-order valence-corrected chi connectivity index (χ1v) is 6.80. The predicted octanol–water partition coefficient (Wildman–Crippen LogP) is 0.500. The minimum absolute atomic E-state index is 0.0979. The third-order valence-corrected chi connectivity index (χ3v) is 3.34. The van der Waals surface area contributed by atoms with Gasteiger partial charge < -0.3 is 27.6 Å². The number of aliphatic hydroxyl groups is 1. The standard InChI is InChI=1S/C15H19N5O2/c16-5-4-10-9(8-21)2-1-3-13(10)20-14-11(15(18)22)6-19-7-12(14)17/h1-3,6-7,21H,4-5,8,16-17H2,(H2,18,22)(H,19,20). The van der Waals surface area contributed by atoms with Crippen LogP contribution in [0.15, 0.2) is 30.6 Å². The maximum absolute atomic E-state index is 11.5. The monoisotopic (exact) mass is 301 g/mol. The molecule has 0 bridgehead atoms. The largest absolute Gasteiger partial charge is 0.396 e. The fourth-order valence-electron chi connectivity index (χ4n) is 2.28. The van der Waals surface area contributed by atoms with Gasteiger partial charge in [0.15, 0.2) is 0 Å². The Morgan fingerprint density at radius 2 is 2.09 bits per heavy atom. The van der Waals surface area contributed by atoms with Gasteiger partial charge in [0.1, 0.15) is 0 Å². The van der Waals surface area contributed by atoms with E-state index in [9.17, 15) is 9.90 Å². The topological polar surface area (TPSA) is 140 Å². The Morgan fingerprint density at radius 3 is 2.73 bits per heavy atom. The molecule has 8 N–H and O–H groups in total. The van der Waals surface area contributed by atoms with Crippen molar-refractivity contribution < 1.29 is 9.90 Å². The number of carbonyl (C=O) groups is 1. The molecule has 1 heterocycles. The van der Waals surface area contributed by atoms with Gasteiger partial charge in [-0.05, 0) is 30.2 Å². The Labute approximate surface area is 128 Å². The van der Waals surface area contributed by atoms with Crippen molar-refractivity contribution in [2.24, 2.45) is 11.5 Å². The summed E-state index contributed by atoms with van der Waals surface area (Å²) in [5.74, 6) is -0.624. The van der Waals surface area contributed by atoms with E-state index in [0.717, 1.165) is 16.8 Å². The Bertz CT molecular complexity index is 688. The summed E-state index contributed by atoms with van der Waals surface area (Å²) < 4.78 is 0. The molecule has 1 amide bonds. The van der Waals surface area contributed by atoms with Gasteiger partial charge in [-0.2, -0.15) is 0 Å².